The van der Waals surface area contributed by atoms with E-state index in [4.69, 9.17) is 4.74 Å². The number of aliphatic hydroxyl groups excluding tert-OH is 1. The minimum Gasteiger partial charge on any atom is -0.503 e. The van der Waals surface area contributed by atoms with Crippen LogP contribution in [0.3, 0.4) is 0 Å². The van der Waals surface area contributed by atoms with Crippen LogP contribution >= 0.6 is 27.3 Å². The minimum atomic E-state index is -0.865. The van der Waals surface area contributed by atoms with Gasteiger partial charge in [-0.15, -0.1) is 11.3 Å². The topological polar surface area (TPSA) is 100.0 Å². The van der Waals surface area contributed by atoms with Gasteiger partial charge in [0.15, 0.2) is 17.3 Å². The largest absolute Gasteiger partial charge is 0.503 e. The summed E-state index contributed by atoms with van der Waals surface area (Å²) in [6, 6.07) is 12.0. The quantitative estimate of drug-likeness (QED) is 0.405. The van der Waals surface area contributed by atoms with E-state index in [1.54, 1.807) is 26.0 Å². The first-order valence-corrected chi connectivity index (χ1v) is 12.2. The van der Waals surface area contributed by atoms with Gasteiger partial charge in [0.25, 0.3) is 5.91 Å². The average Bonchev–Trinajstić information content (AvgIpc) is 3.29. The smallest absolute Gasteiger partial charge is 0.290 e. The number of methoxy groups -OCH3 is 1. The Hall–Kier alpha value is -3.17. The molecule has 0 bridgehead atoms. The molecular formula is C25H23BrN2O5S. The van der Waals surface area contributed by atoms with E-state index in [-0.39, 0.29) is 23.6 Å². The number of amides is 1. The molecule has 1 amide bonds. The molecule has 1 aliphatic heterocycles. The van der Waals surface area contributed by atoms with Crippen molar-refractivity contribution in [3.8, 4) is 11.5 Å². The number of aliphatic hydroxyl groups is 1. The van der Waals surface area contributed by atoms with Crippen LogP contribution < -0.4 is 4.74 Å². The molecule has 0 radical (unpaired) electrons. The molecule has 34 heavy (non-hydrogen) atoms. The third-order valence-corrected chi connectivity index (χ3v) is 7.40. The van der Waals surface area contributed by atoms with Crippen LogP contribution in [0.5, 0.6) is 11.5 Å². The fraction of sp³-hybridized carbons (Fsp3) is 0.240. The molecule has 0 fully saturated rings. The molecule has 0 aliphatic carbocycles. The van der Waals surface area contributed by atoms with Crippen molar-refractivity contribution in [1.29, 1.82) is 0 Å². The van der Waals surface area contributed by atoms with Gasteiger partial charge in [-0.25, -0.2) is 4.98 Å². The molecular weight excluding hydrogens is 520 g/mol. The normalized spacial score (nSPS) is 15.8. The van der Waals surface area contributed by atoms with Crippen LogP contribution in [-0.4, -0.2) is 45.4 Å². The van der Waals surface area contributed by atoms with Gasteiger partial charge < -0.3 is 19.8 Å². The van der Waals surface area contributed by atoms with E-state index in [9.17, 15) is 19.8 Å². The van der Waals surface area contributed by atoms with Crippen molar-refractivity contribution in [2.24, 2.45) is 0 Å². The predicted octanol–water partition coefficient (Wildman–Crippen LogP) is 5.06. The number of hydrogen-bond donors (Lipinski definition) is 2. The molecule has 2 heterocycles. The van der Waals surface area contributed by atoms with Crippen LogP contribution in [0.15, 0.2) is 58.3 Å². The molecule has 7 nitrogen and oxygen atoms in total. The molecule has 0 saturated carbocycles. The highest BCUT2D eigenvalue weighted by molar-refractivity contribution is 9.10. The summed E-state index contributed by atoms with van der Waals surface area (Å²) in [4.78, 5) is 33.0. The zero-order chi connectivity index (χ0) is 24.6. The van der Waals surface area contributed by atoms with Gasteiger partial charge in [0, 0.05) is 6.54 Å². The number of benzene rings is 2. The van der Waals surface area contributed by atoms with E-state index in [1.807, 2.05) is 30.3 Å². The number of halogens is 1. The molecule has 0 spiro atoms. The van der Waals surface area contributed by atoms with Crippen LogP contribution in [0.25, 0.3) is 0 Å². The summed E-state index contributed by atoms with van der Waals surface area (Å²) < 4.78 is 5.64. The summed E-state index contributed by atoms with van der Waals surface area (Å²) in [5.41, 5.74) is 2.08. The summed E-state index contributed by atoms with van der Waals surface area (Å²) in [5.74, 6) is -1.54. The molecule has 4 rings (SSSR count). The van der Waals surface area contributed by atoms with Gasteiger partial charge in [-0.05, 0) is 59.5 Å². The highest BCUT2D eigenvalue weighted by Crippen LogP contribution is 2.44. The lowest BCUT2D eigenvalue weighted by atomic mass is 9.94. The molecule has 176 valence electrons. The molecule has 0 saturated heterocycles. The Balaban J connectivity index is 1.81. The summed E-state index contributed by atoms with van der Waals surface area (Å²) in [7, 11) is 1.42. The number of carbonyl (C=O) groups is 2. The number of rotatable bonds is 7. The van der Waals surface area contributed by atoms with E-state index in [2.05, 4.69) is 20.9 Å². The maximum atomic E-state index is 13.6. The number of phenolic OH excluding ortho intramolecular Hbond substituents is 1. The van der Waals surface area contributed by atoms with Crippen molar-refractivity contribution < 1.29 is 24.5 Å². The lowest BCUT2D eigenvalue weighted by Gasteiger charge is -2.27. The first-order valence-electron chi connectivity index (χ1n) is 10.6. The van der Waals surface area contributed by atoms with E-state index in [1.165, 1.54) is 23.3 Å². The molecule has 1 unspecified atom stereocenters. The van der Waals surface area contributed by atoms with Crippen LogP contribution in [0, 0.1) is 13.8 Å². The van der Waals surface area contributed by atoms with E-state index in [0.717, 1.165) is 10.6 Å². The van der Waals surface area contributed by atoms with Crippen LogP contribution in [0.4, 0.5) is 0 Å². The molecule has 2 aromatic carbocycles. The van der Waals surface area contributed by atoms with Crippen LogP contribution in [0.2, 0.25) is 0 Å². The highest BCUT2D eigenvalue weighted by Gasteiger charge is 2.44. The maximum absolute atomic E-state index is 13.6. The van der Waals surface area contributed by atoms with Gasteiger partial charge in [-0.1, -0.05) is 30.3 Å². The number of ketones is 1. The fourth-order valence-electron chi connectivity index (χ4n) is 4.13. The van der Waals surface area contributed by atoms with Gasteiger partial charge in [0.2, 0.25) is 5.78 Å². The Bertz CT molecular complexity index is 1300. The third kappa shape index (κ3) is 4.33. The second-order valence-corrected chi connectivity index (χ2v) is 9.99. The van der Waals surface area contributed by atoms with Gasteiger partial charge in [-0.2, -0.15) is 0 Å². The van der Waals surface area contributed by atoms with Crippen molar-refractivity contribution in [3.63, 3.8) is 0 Å². The first-order chi connectivity index (χ1) is 16.2. The van der Waals surface area contributed by atoms with Crippen molar-refractivity contribution in [1.82, 2.24) is 9.88 Å². The Kier molecular flexibility index (Phi) is 6.77. The number of Topliss-reactive ketones (excluding diaryl/α,β-unsaturated/α-hetero) is 1. The van der Waals surface area contributed by atoms with Gasteiger partial charge in [0.05, 0.1) is 38.8 Å². The number of aromatic hydroxyl groups is 1. The summed E-state index contributed by atoms with van der Waals surface area (Å²) in [6.45, 7) is 3.80. The predicted molar refractivity (Wildman–Crippen MR) is 133 cm³/mol. The minimum absolute atomic E-state index is 0.00976. The standard InChI is InChI=1S/C25H23BrN2O5S/c1-13-24(34-14(2)27-13)22(30)19-20(16-11-17(26)21(29)18(12-16)33-3)28(25(32)23(19)31)10-9-15-7-5-4-6-8-15/h4-8,11-12,20,29,31H,9-10H2,1-3H3. The number of aromatic nitrogens is 1. The number of aryl methyl sites for hydroxylation is 2. The lowest BCUT2D eigenvalue weighted by molar-refractivity contribution is -0.129. The highest BCUT2D eigenvalue weighted by atomic mass is 79.9. The van der Waals surface area contributed by atoms with E-state index < -0.39 is 23.5 Å². The summed E-state index contributed by atoms with van der Waals surface area (Å²) >= 11 is 4.55. The number of hydrogen-bond acceptors (Lipinski definition) is 7. The summed E-state index contributed by atoms with van der Waals surface area (Å²) in [6.07, 6.45) is 0.535. The number of thiazole rings is 1. The Morgan fingerprint density at radius 3 is 2.53 bits per heavy atom. The molecule has 3 aromatic rings. The molecule has 2 N–H and O–H groups in total. The molecule has 1 aliphatic rings. The van der Waals surface area contributed by atoms with Gasteiger partial charge in [0.1, 0.15) is 0 Å². The number of phenols is 1. The number of carbonyl (C=O) groups excluding carboxylic acids is 2. The van der Waals surface area contributed by atoms with Gasteiger partial charge in [-0.3, -0.25) is 9.59 Å². The van der Waals surface area contributed by atoms with Gasteiger partial charge >= 0.3 is 0 Å². The molecule has 1 aromatic heterocycles. The second-order valence-electron chi connectivity index (χ2n) is 7.93. The van der Waals surface area contributed by atoms with Crippen molar-refractivity contribution in [2.75, 3.05) is 13.7 Å². The Morgan fingerprint density at radius 1 is 1.21 bits per heavy atom. The Morgan fingerprint density at radius 2 is 1.91 bits per heavy atom. The molecule has 1 atom stereocenters. The zero-order valence-corrected chi connectivity index (χ0v) is 21.2. The SMILES string of the molecule is COc1cc(C2C(C(=O)c3sc(C)nc3C)=C(O)C(=O)N2CCc2ccccc2)cc(Br)c1O. The molecule has 9 heteroatoms. The lowest BCUT2D eigenvalue weighted by Crippen LogP contribution is -2.33. The number of nitrogens with zero attached hydrogens (tertiary/aromatic N) is 2. The van der Waals surface area contributed by atoms with Crippen LogP contribution in [0.1, 0.15) is 37.5 Å². The monoisotopic (exact) mass is 542 g/mol. The summed E-state index contributed by atoms with van der Waals surface area (Å²) in [5, 5.41) is 21.9. The third-order valence-electron chi connectivity index (χ3n) is 5.73. The zero-order valence-electron chi connectivity index (χ0n) is 18.8. The van der Waals surface area contributed by atoms with Crippen LogP contribution in [-0.2, 0) is 11.2 Å². The van der Waals surface area contributed by atoms with E-state index >= 15 is 0 Å². The average molecular weight is 543 g/mol. The Labute approximate surface area is 209 Å². The van der Waals surface area contributed by atoms with Crippen molar-refractivity contribution in [3.05, 3.63) is 85.0 Å². The van der Waals surface area contributed by atoms with Crippen molar-refractivity contribution in [2.45, 2.75) is 26.3 Å². The van der Waals surface area contributed by atoms with Crippen molar-refractivity contribution >= 4 is 39.0 Å². The first kappa shape index (κ1) is 24.0. The number of ether oxygens (including phenoxy) is 1. The van der Waals surface area contributed by atoms with E-state index in [0.29, 0.717) is 27.0 Å². The second kappa shape index (κ2) is 9.60. The fourth-order valence-corrected chi connectivity index (χ4v) is 5.46. The maximum Gasteiger partial charge on any atom is 0.290 e.